The van der Waals surface area contributed by atoms with Gasteiger partial charge in [-0.2, -0.15) is 0 Å². The molecule has 2 aromatic carbocycles. The normalized spacial score (nSPS) is 15.1. The summed E-state index contributed by atoms with van der Waals surface area (Å²) in [6.07, 6.45) is 3.38. The Hall–Kier alpha value is -4.11. The van der Waals surface area contributed by atoms with E-state index >= 15 is 0 Å². The van der Waals surface area contributed by atoms with Crippen LogP contribution in [0.2, 0.25) is 0 Å². The number of thiazole rings is 1. The number of aromatic hydroxyl groups is 1. The van der Waals surface area contributed by atoms with Crippen molar-refractivity contribution in [1.82, 2.24) is 4.57 Å². The molecular weight excluding hydrogens is 492 g/mol. The molecule has 0 unspecified atom stereocenters. The summed E-state index contributed by atoms with van der Waals surface area (Å²) < 4.78 is 18.4. The van der Waals surface area contributed by atoms with E-state index in [0.29, 0.717) is 50.9 Å². The number of hydrogen-bond donors (Lipinski definition) is 1. The van der Waals surface area contributed by atoms with Crippen LogP contribution in [0.3, 0.4) is 0 Å². The van der Waals surface area contributed by atoms with Crippen LogP contribution in [-0.4, -0.2) is 35.5 Å². The van der Waals surface area contributed by atoms with Gasteiger partial charge in [0.2, 0.25) is 0 Å². The van der Waals surface area contributed by atoms with Gasteiger partial charge < -0.3 is 19.3 Å². The summed E-state index contributed by atoms with van der Waals surface area (Å²) in [5.74, 6) is 0.485. The Kier molecular flexibility index (Phi) is 7.93. The second-order valence-corrected chi connectivity index (χ2v) is 9.14. The fraction of sp³-hybridized carbons (Fsp3) is 0.250. The Balaban J connectivity index is 1.87. The van der Waals surface area contributed by atoms with Crippen LogP contribution in [0.1, 0.15) is 37.9 Å². The highest BCUT2D eigenvalue weighted by Crippen LogP contribution is 2.32. The summed E-state index contributed by atoms with van der Waals surface area (Å²) in [4.78, 5) is 31.8. The molecule has 3 aromatic rings. The number of phenols is 1. The lowest BCUT2D eigenvalue weighted by Crippen LogP contribution is -2.39. The number of carbonyl (C=O) groups excluding carboxylic acids is 1. The molecule has 0 bridgehead atoms. The zero-order valence-corrected chi connectivity index (χ0v) is 21.7. The summed E-state index contributed by atoms with van der Waals surface area (Å²) in [6.45, 7) is 9.92. The highest BCUT2D eigenvalue weighted by atomic mass is 32.1. The molecule has 1 aliphatic rings. The van der Waals surface area contributed by atoms with Crippen molar-refractivity contribution in [3.63, 3.8) is 0 Å². The average molecular weight is 521 g/mol. The van der Waals surface area contributed by atoms with Crippen molar-refractivity contribution in [1.29, 1.82) is 0 Å². The number of ether oxygens (including phenoxy) is 3. The predicted octanol–water partition coefficient (Wildman–Crippen LogP) is 3.47. The zero-order valence-electron chi connectivity index (χ0n) is 20.9. The molecule has 0 amide bonds. The van der Waals surface area contributed by atoms with Crippen molar-refractivity contribution in [2.24, 2.45) is 4.99 Å². The molecule has 4 rings (SSSR count). The number of benzene rings is 2. The lowest BCUT2D eigenvalue weighted by atomic mass is 9.96. The quantitative estimate of drug-likeness (QED) is 0.343. The van der Waals surface area contributed by atoms with Crippen molar-refractivity contribution in [2.75, 3.05) is 19.8 Å². The topological polar surface area (TPSA) is 99.4 Å². The van der Waals surface area contributed by atoms with Crippen LogP contribution >= 0.6 is 11.3 Å². The van der Waals surface area contributed by atoms with Crippen LogP contribution in [0.4, 0.5) is 0 Å². The van der Waals surface area contributed by atoms with E-state index in [4.69, 9.17) is 14.2 Å². The van der Waals surface area contributed by atoms with Gasteiger partial charge in [-0.05, 0) is 62.2 Å². The van der Waals surface area contributed by atoms with Gasteiger partial charge in [-0.3, -0.25) is 9.36 Å². The van der Waals surface area contributed by atoms with E-state index in [1.165, 1.54) is 22.0 Å². The Morgan fingerprint density at radius 1 is 1.16 bits per heavy atom. The van der Waals surface area contributed by atoms with Gasteiger partial charge in [-0.1, -0.05) is 42.2 Å². The third kappa shape index (κ3) is 5.36. The smallest absolute Gasteiger partial charge is 0.338 e. The van der Waals surface area contributed by atoms with Gasteiger partial charge in [0.15, 0.2) is 16.3 Å². The molecule has 1 aliphatic heterocycles. The van der Waals surface area contributed by atoms with Gasteiger partial charge in [0, 0.05) is 0 Å². The minimum atomic E-state index is -0.718. The number of nitrogens with zero attached hydrogens (tertiary/aromatic N) is 2. The largest absolute Gasteiger partial charge is 0.504 e. The summed E-state index contributed by atoms with van der Waals surface area (Å²) >= 11 is 1.23. The van der Waals surface area contributed by atoms with Gasteiger partial charge >= 0.3 is 5.97 Å². The number of aromatic nitrogens is 1. The molecule has 0 saturated carbocycles. The molecule has 8 nitrogen and oxygen atoms in total. The summed E-state index contributed by atoms with van der Waals surface area (Å²) in [5.41, 5.74) is 1.92. The minimum absolute atomic E-state index is 0.0238. The number of hydrogen-bond acceptors (Lipinski definition) is 8. The van der Waals surface area contributed by atoms with E-state index in [-0.39, 0.29) is 17.9 Å². The molecule has 0 saturated heterocycles. The summed E-state index contributed by atoms with van der Waals surface area (Å²) in [5, 5.41) is 10.0. The molecule has 192 valence electrons. The number of esters is 1. The monoisotopic (exact) mass is 520 g/mol. The first-order chi connectivity index (χ1) is 17.9. The molecule has 1 N–H and O–H groups in total. The molecule has 0 aliphatic carbocycles. The molecule has 1 aromatic heterocycles. The molecular formula is C28H28N2O6S. The Morgan fingerprint density at radius 2 is 1.92 bits per heavy atom. The van der Waals surface area contributed by atoms with Crippen LogP contribution in [0.5, 0.6) is 17.2 Å². The van der Waals surface area contributed by atoms with Gasteiger partial charge in [0.1, 0.15) is 12.4 Å². The van der Waals surface area contributed by atoms with Gasteiger partial charge in [0.25, 0.3) is 5.56 Å². The molecule has 2 heterocycles. The first-order valence-corrected chi connectivity index (χ1v) is 12.7. The fourth-order valence-corrected chi connectivity index (χ4v) is 5.10. The number of allylic oxidation sites excluding steroid dienone is 1. The van der Waals surface area contributed by atoms with Crippen molar-refractivity contribution in [3.8, 4) is 17.2 Å². The first kappa shape index (κ1) is 26.0. The standard InChI is InChI=1S/C28H28N2O6S/c1-5-14-36-20-11-9-19(10-12-20)25-24(27(33)35-7-3)17(4)29-28-30(25)26(32)23(37-28)16-18-8-13-21(31)22(15-18)34-6-2/h5,8-13,15-16,25,31H,1,6-7,14H2,2-4H3/t25-/m0/s1. The lowest BCUT2D eigenvalue weighted by molar-refractivity contribution is -0.139. The van der Waals surface area contributed by atoms with Crippen molar-refractivity contribution >= 4 is 23.4 Å². The number of phenolic OH excluding ortho intramolecular Hbond substituents is 1. The minimum Gasteiger partial charge on any atom is -0.504 e. The number of carbonyl (C=O) groups is 1. The summed E-state index contributed by atoms with van der Waals surface area (Å²) in [7, 11) is 0. The first-order valence-electron chi connectivity index (χ1n) is 11.9. The second-order valence-electron chi connectivity index (χ2n) is 8.13. The van der Waals surface area contributed by atoms with Gasteiger partial charge in [-0.15, -0.1) is 0 Å². The van der Waals surface area contributed by atoms with Crippen molar-refractivity contribution in [2.45, 2.75) is 26.8 Å². The highest BCUT2D eigenvalue weighted by Gasteiger charge is 2.33. The third-order valence-electron chi connectivity index (χ3n) is 5.66. The predicted molar refractivity (Wildman–Crippen MR) is 142 cm³/mol. The third-order valence-corrected chi connectivity index (χ3v) is 6.65. The van der Waals surface area contributed by atoms with E-state index in [1.54, 1.807) is 50.3 Å². The maximum atomic E-state index is 13.7. The van der Waals surface area contributed by atoms with Crippen LogP contribution in [0.15, 0.2) is 76.2 Å². The van der Waals surface area contributed by atoms with Crippen LogP contribution in [0, 0.1) is 0 Å². The van der Waals surface area contributed by atoms with Crippen LogP contribution in [0.25, 0.3) is 6.08 Å². The lowest BCUT2D eigenvalue weighted by Gasteiger charge is -2.24. The molecule has 0 fully saturated rings. The fourth-order valence-electron chi connectivity index (χ4n) is 4.05. The maximum Gasteiger partial charge on any atom is 0.338 e. The molecule has 37 heavy (non-hydrogen) atoms. The van der Waals surface area contributed by atoms with Crippen molar-refractivity contribution in [3.05, 3.63) is 97.2 Å². The van der Waals surface area contributed by atoms with Crippen LogP contribution in [-0.2, 0) is 9.53 Å². The Labute approximate surface area is 218 Å². The number of fused-ring (bicyclic) bond motifs is 1. The summed E-state index contributed by atoms with van der Waals surface area (Å²) in [6, 6.07) is 11.4. The van der Waals surface area contributed by atoms with E-state index in [1.807, 2.05) is 19.1 Å². The van der Waals surface area contributed by atoms with Gasteiger partial charge in [-0.25, -0.2) is 9.79 Å². The Bertz CT molecular complexity index is 1530. The van der Waals surface area contributed by atoms with E-state index in [9.17, 15) is 14.7 Å². The molecule has 1 atom stereocenters. The molecule has 9 heteroatoms. The van der Waals surface area contributed by atoms with E-state index < -0.39 is 12.0 Å². The van der Waals surface area contributed by atoms with Crippen LogP contribution < -0.4 is 24.4 Å². The van der Waals surface area contributed by atoms with E-state index in [2.05, 4.69) is 11.6 Å². The SMILES string of the molecule is C=CCOc1ccc([C@H]2C(C(=O)OCC)=C(C)N=c3sc(=Cc4ccc(O)c(OCC)c4)c(=O)n32)cc1. The average Bonchev–Trinajstić information content (AvgIpc) is 3.18. The van der Waals surface area contributed by atoms with Gasteiger partial charge in [0.05, 0.1) is 35.1 Å². The molecule has 0 spiro atoms. The highest BCUT2D eigenvalue weighted by molar-refractivity contribution is 7.07. The molecule has 0 radical (unpaired) electrons. The van der Waals surface area contributed by atoms with Crippen molar-refractivity contribution < 1.29 is 24.1 Å². The van der Waals surface area contributed by atoms with E-state index in [0.717, 1.165) is 5.56 Å². The Morgan fingerprint density at radius 3 is 2.59 bits per heavy atom. The number of rotatable bonds is 9. The zero-order chi connectivity index (χ0) is 26.5. The second kappa shape index (κ2) is 11.3. The maximum absolute atomic E-state index is 13.7.